The number of carbonyl (C=O) groups is 1. The highest BCUT2D eigenvalue weighted by Crippen LogP contribution is 2.12. The molecule has 0 radical (unpaired) electrons. The highest BCUT2D eigenvalue weighted by atomic mass is 16.1. The van der Waals surface area contributed by atoms with Gasteiger partial charge in [0.1, 0.15) is 0 Å². The van der Waals surface area contributed by atoms with Crippen molar-refractivity contribution in [2.24, 2.45) is 0 Å². The Kier molecular flexibility index (Phi) is 5.57. The van der Waals surface area contributed by atoms with Crippen LogP contribution in [0.2, 0.25) is 0 Å². The second-order valence-electron chi connectivity index (χ2n) is 5.25. The molecule has 1 amide bonds. The zero-order valence-electron chi connectivity index (χ0n) is 11.8. The van der Waals surface area contributed by atoms with E-state index in [9.17, 15) is 4.79 Å². The highest BCUT2D eigenvalue weighted by molar-refractivity contribution is 5.90. The Hall–Kier alpha value is -1.86. The fraction of sp³-hybridized carbons (Fsp3) is 0.500. The number of hydrogen-bond acceptors (Lipinski definition) is 3. The molecule has 1 aliphatic rings. The number of benzene rings is 1. The topological polar surface area (TPSA) is 56.1 Å². The fourth-order valence-electron chi connectivity index (χ4n) is 2.51. The summed E-state index contributed by atoms with van der Waals surface area (Å²) in [5.41, 5.74) is 1.26. The molecule has 0 unspecified atom stereocenters. The Bertz CT molecular complexity index is 485. The summed E-state index contributed by atoms with van der Waals surface area (Å²) in [6, 6.07) is 9.09. The fourth-order valence-corrected chi connectivity index (χ4v) is 2.51. The van der Waals surface area contributed by atoms with Gasteiger partial charge in [0.15, 0.2) is 0 Å². The second kappa shape index (κ2) is 7.66. The summed E-state index contributed by atoms with van der Waals surface area (Å²) in [6.45, 7) is 3.04. The van der Waals surface area contributed by atoms with E-state index in [1.807, 2.05) is 6.07 Å². The van der Waals surface area contributed by atoms with Gasteiger partial charge >= 0.3 is 0 Å². The molecule has 4 nitrogen and oxygen atoms in total. The quantitative estimate of drug-likeness (QED) is 0.916. The Morgan fingerprint density at radius 3 is 2.70 bits per heavy atom. The molecule has 1 saturated heterocycles. The van der Waals surface area contributed by atoms with E-state index in [-0.39, 0.29) is 5.91 Å². The molecular weight excluding hydrogens is 250 g/mol. The number of nitrogens with zero attached hydrogens (tertiary/aromatic N) is 2. The van der Waals surface area contributed by atoms with Crippen LogP contribution in [-0.4, -0.2) is 30.4 Å². The van der Waals surface area contributed by atoms with Crippen molar-refractivity contribution in [2.75, 3.05) is 25.0 Å². The number of amides is 1. The molecule has 1 N–H and O–H groups in total. The van der Waals surface area contributed by atoms with Crippen LogP contribution in [0.5, 0.6) is 0 Å². The maximum Gasteiger partial charge on any atom is 0.225 e. The summed E-state index contributed by atoms with van der Waals surface area (Å²) in [5.74, 6) is 0.0179. The van der Waals surface area contributed by atoms with Crippen LogP contribution in [0.25, 0.3) is 0 Å². The summed E-state index contributed by atoms with van der Waals surface area (Å²) in [4.78, 5) is 14.3. The number of rotatable bonds is 4. The SMILES string of the molecule is N#Cc1cccc(NC(=O)CCN2CCCCCC2)c1. The number of nitrogens with one attached hydrogen (secondary N) is 1. The van der Waals surface area contributed by atoms with Crippen LogP contribution >= 0.6 is 0 Å². The standard InChI is InChI=1S/C16H21N3O/c17-13-14-6-5-7-15(12-14)18-16(20)8-11-19-9-3-1-2-4-10-19/h5-7,12H,1-4,8-11H2,(H,18,20). The molecule has 0 spiro atoms. The predicted octanol–water partition coefficient (Wildman–Crippen LogP) is 2.76. The summed E-state index contributed by atoms with van der Waals surface area (Å²) in [7, 11) is 0. The lowest BCUT2D eigenvalue weighted by molar-refractivity contribution is -0.116. The van der Waals surface area contributed by atoms with Crippen molar-refractivity contribution in [3.8, 4) is 6.07 Å². The molecule has 0 saturated carbocycles. The van der Waals surface area contributed by atoms with E-state index < -0.39 is 0 Å². The Morgan fingerprint density at radius 2 is 2.00 bits per heavy atom. The molecular formula is C16H21N3O. The molecule has 0 bridgehead atoms. The molecule has 1 heterocycles. The minimum Gasteiger partial charge on any atom is -0.326 e. The second-order valence-corrected chi connectivity index (χ2v) is 5.25. The average molecular weight is 271 g/mol. The number of carbonyl (C=O) groups excluding carboxylic acids is 1. The van der Waals surface area contributed by atoms with Crippen molar-refractivity contribution in [3.63, 3.8) is 0 Å². The zero-order valence-corrected chi connectivity index (χ0v) is 11.8. The van der Waals surface area contributed by atoms with Crippen LogP contribution in [-0.2, 0) is 4.79 Å². The number of hydrogen-bond donors (Lipinski definition) is 1. The average Bonchev–Trinajstić information content (AvgIpc) is 2.74. The van der Waals surface area contributed by atoms with E-state index in [1.54, 1.807) is 18.2 Å². The first kappa shape index (κ1) is 14.5. The van der Waals surface area contributed by atoms with Crippen molar-refractivity contribution in [1.82, 2.24) is 4.90 Å². The molecule has 1 aromatic carbocycles. The van der Waals surface area contributed by atoms with Crippen LogP contribution in [0.3, 0.4) is 0 Å². The van der Waals surface area contributed by atoms with Crippen LogP contribution in [0.4, 0.5) is 5.69 Å². The molecule has 1 fully saturated rings. The third-order valence-corrected chi connectivity index (χ3v) is 3.63. The molecule has 0 atom stereocenters. The lowest BCUT2D eigenvalue weighted by Crippen LogP contribution is -2.28. The normalized spacial score (nSPS) is 16.1. The van der Waals surface area contributed by atoms with Gasteiger partial charge in [0, 0.05) is 18.7 Å². The van der Waals surface area contributed by atoms with Crippen LogP contribution < -0.4 is 5.32 Å². The van der Waals surface area contributed by atoms with Crippen molar-refractivity contribution >= 4 is 11.6 Å². The van der Waals surface area contributed by atoms with Gasteiger partial charge in [-0.05, 0) is 44.1 Å². The first-order valence-electron chi connectivity index (χ1n) is 7.30. The third kappa shape index (κ3) is 4.67. The van der Waals surface area contributed by atoms with Crippen molar-refractivity contribution in [2.45, 2.75) is 32.1 Å². The number of likely N-dealkylation sites (tertiary alicyclic amines) is 1. The lowest BCUT2D eigenvalue weighted by Gasteiger charge is -2.19. The minimum absolute atomic E-state index is 0.0179. The molecule has 0 aromatic heterocycles. The number of anilines is 1. The Labute approximate surface area is 120 Å². The van der Waals surface area contributed by atoms with E-state index in [0.717, 1.165) is 19.6 Å². The van der Waals surface area contributed by atoms with Crippen molar-refractivity contribution in [3.05, 3.63) is 29.8 Å². The van der Waals surface area contributed by atoms with Gasteiger partial charge in [-0.3, -0.25) is 4.79 Å². The summed E-state index contributed by atoms with van der Waals surface area (Å²) in [6.07, 6.45) is 5.61. The van der Waals surface area contributed by atoms with Gasteiger partial charge in [-0.2, -0.15) is 5.26 Å². The lowest BCUT2D eigenvalue weighted by atomic mass is 10.2. The summed E-state index contributed by atoms with van der Waals surface area (Å²) < 4.78 is 0. The minimum atomic E-state index is 0.0179. The van der Waals surface area contributed by atoms with Gasteiger partial charge < -0.3 is 10.2 Å². The molecule has 1 aliphatic heterocycles. The van der Waals surface area contributed by atoms with Gasteiger partial charge in [-0.25, -0.2) is 0 Å². The molecule has 106 valence electrons. The van der Waals surface area contributed by atoms with Gasteiger partial charge in [-0.15, -0.1) is 0 Å². The third-order valence-electron chi connectivity index (χ3n) is 3.63. The highest BCUT2D eigenvalue weighted by Gasteiger charge is 2.11. The maximum absolute atomic E-state index is 11.9. The van der Waals surface area contributed by atoms with Crippen molar-refractivity contribution < 1.29 is 4.79 Å². The van der Waals surface area contributed by atoms with Gasteiger partial charge in [0.05, 0.1) is 11.6 Å². The van der Waals surface area contributed by atoms with Crippen LogP contribution in [0, 0.1) is 11.3 Å². The molecule has 4 heteroatoms. The first-order valence-corrected chi connectivity index (χ1v) is 7.30. The van der Waals surface area contributed by atoms with E-state index >= 15 is 0 Å². The number of nitriles is 1. The first-order chi connectivity index (χ1) is 9.78. The summed E-state index contributed by atoms with van der Waals surface area (Å²) in [5, 5.41) is 11.7. The van der Waals surface area contributed by atoms with Gasteiger partial charge in [0.25, 0.3) is 0 Å². The molecule has 20 heavy (non-hydrogen) atoms. The van der Waals surface area contributed by atoms with Crippen LogP contribution in [0.15, 0.2) is 24.3 Å². The van der Waals surface area contributed by atoms with Gasteiger partial charge in [-0.1, -0.05) is 18.9 Å². The van der Waals surface area contributed by atoms with E-state index in [0.29, 0.717) is 17.7 Å². The van der Waals surface area contributed by atoms with Gasteiger partial charge in [0.2, 0.25) is 5.91 Å². The molecule has 1 aromatic rings. The van der Waals surface area contributed by atoms with Crippen molar-refractivity contribution in [1.29, 1.82) is 5.26 Å². The predicted molar refractivity (Wildman–Crippen MR) is 79.3 cm³/mol. The van der Waals surface area contributed by atoms with Crippen LogP contribution in [0.1, 0.15) is 37.7 Å². The Balaban J connectivity index is 1.78. The maximum atomic E-state index is 11.9. The molecule has 2 rings (SSSR count). The smallest absolute Gasteiger partial charge is 0.225 e. The molecule has 0 aliphatic carbocycles. The largest absolute Gasteiger partial charge is 0.326 e. The van der Waals surface area contributed by atoms with E-state index in [1.165, 1.54) is 25.7 Å². The monoisotopic (exact) mass is 271 g/mol. The zero-order chi connectivity index (χ0) is 14.2. The van der Waals surface area contributed by atoms with E-state index in [4.69, 9.17) is 5.26 Å². The summed E-state index contributed by atoms with van der Waals surface area (Å²) >= 11 is 0. The van der Waals surface area contributed by atoms with E-state index in [2.05, 4.69) is 16.3 Å². The Morgan fingerprint density at radius 1 is 1.25 bits per heavy atom.